The number of piperidine rings is 1. The summed E-state index contributed by atoms with van der Waals surface area (Å²) in [5.41, 5.74) is 2.36. The smallest absolute Gasteiger partial charge is 0.226 e. The number of aromatic amines is 1. The number of hydrogen-bond donors (Lipinski definition) is 2. The number of aromatic nitrogens is 3. The number of amides is 2. The molecule has 1 aliphatic rings. The molecule has 1 saturated heterocycles. The zero-order valence-corrected chi connectivity index (χ0v) is 19.4. The maximum atomic E-state index is 12.6. The predicted octanol–water partition coefficient (Wildman–Crippen LogP) is 4.55. The van der Waals surface area contributed by atoms with Crippen LogP contribution in [0.1, 0.15) is 32.6 Å². The molecule has 172 valence electrons. The molecule has 0 spiro atoms. The highest BCUT2D eigenvalue weighted by Crippen LogP contribution is 2.24. The van der Waals surface area contributed by atoms with Crippen molar-refractivity contribution in [2.45, 2.75) is 39.2 Å². The number of benzene rings is 2. The molecule has 8 nitrogen and oxygen atoms in total. The summed E-state index contributed by atoms with van der Waals surface area (Å²) in [4.78, 5) is 26.6. The van der Waals surface area contributed by atoms with Gasteiger partial charge in [0.25, 0.3) is 0 Å². The van der Waals surface area contributed by atoms with Gasteiger partial charge in [0.05, 0.1) is 6.61 Å². The van der Waals surface area contributed by atoms with Gasteiger partial charge in [-0.05, 0) is 74.4 Å². The third-order valence-electron chi connectivity index (χ3n) is 5.51. The van der Waals surface area contributed by atoms with E-state index in [4.69, 9.17) is 17.0 Å². The highest BCUT2D eigenvalue weighted by molar-refractivity contribution is 7.71. The van der Waals surface area contributed by atoms with Gasteiger partial charge in [-0.3, -0.25) is 19.3 Å². The number of carbonyl (C=O) groups excluding carboxylic acids is 2. The fourth-order valence-electron chi connectivity index (χ4n) is 3.88. The molecule has 1 aromatic heterocycles. The van der Waals surface area contributed by atoms with Gasteiger partial charge in [0.15, 0.2) is 10.6 Å². The Morgan fingerprint density at radius 3 is 2.79 bits per heavy atom. The van der Waals surface area contributed by atoms with Gasteiger partial charge in [0.1, 0.15) is 5.75 Å². The van der Waals surface area contributed by atoms with Gasteiger partial charge in [-0.25, -0.2) is 0 Å². The van der Waals surface area contributed by atoms with Gasteiger partial charge in [0, 0.05) is 42.9 Å². The summed E-state index contributed by atoms with van der Waals surface area (Å²) in [6.45, 7) is 3.63. The number of rotatable bonds is 8. The quantitative estimate of drug-likeness (QED) is 0.476. The van der Waals surface area contributed by atoms with Crippen LogP contribution in [0.2, 0.25) is 0 Å². The van der Waals surface area contributed by atoms with E-state index in [9.17, 15) is 9.59 Å². The van der Waals surface area contributed by atoms with Crippen LogP contribution in [0.3, 0.4) is 0 Å². The van der Waals surface area contributed by atoms with E-state index >= 15 is 0 Å². The van der Waals surface area contributed by atoms with Crippen molar-refractivity contribution >= 4 is 35.4 Å². The fourth-order valence-corrected chi connectivity index (χ4v) is 4.10. The molecule has 33 heavy (non-hydrogen) atoms. The lowest BCUT2D eigenvalue weighted by Gasteiger charge is -2.27. The van der Waals surface area contributed by atoms with Crippen molar-refractivity contribution in [3.8, 4) is 17.1 Å². The van der Waals surface area contributed by atoms with Gasteiger partial charge in [-0.2, -0.15) is 5.10 Å². The second-order valence-electron chi connectivity index (χ2n) is 7.81. The second kappa shape index (κ2) is 10.4. The lowest BCUT2D eigenvalue weighted by molar-refractivity contribution is -0.119. The van der Waals surface area contributed by atoms with Gasteiger partial charge in [-0.1, -0.05) is 6.07 Å². The van der Waals surface area contributed by atoms with E-state index in [0.717, 1.165) is 29.8 Å². The van der Waals surface area contributed by atoms with Crippen molar-refractivity contribution in [2.24, 2.45) is 0 Å². The molecule has 0 aliphatic carbocycles. The molecule has 2 aromatic carbocycles. The van der Waals surface area contributed by atoms with Crippen molar-refractivity contribution in [1.82, 2.24) is 14.8 Å². The van der Waals surface area contributed by atoms with Crippen molar-refractivity contribution < 1.29 is 14.3 Å². The first-order valence-electron chi connectivity index (χ1n) is 11.1. The van der Waals surface area contributed by atoms with Crippen LogP contribution in [0.25, 0.3) is 11.4 Å². The first-order valence-corrected chi connectivity index (χ1v) is 11.5. The maximum Gasteiger partial charge on any atom is 0.226 e. The molecule has 4 rings (SSSR count). The Bertz CT molecular complexity index is 1190. The Morgan fingerprint density at radius 2 is 2.03 bits per heavy atom. The molecule has 0 atom stereocenters. The molecule has 0 saturated carbocycles. The molecule has 2 N–H and O–H groups in total. The van der Waals surface area contributed by atoms with E-state index < -0.39 is 0 Å². The summed E-state index contributed by atoms with van der Waals surface area (Å²) < 4.78 is 7.76. The molecule has 0 unspecified atom stereocenters. The molecule has 1 aliphatic heterocycles. The Balaban J connectivity index is 1.41. The van der Waals surface area contributed by atoms with Crippen LogP contribution in [0, 0.1) is 4.77 Å². The van der Waals surface area contributed by atoms with Crippen LogP contribution in [-0.4, -0.2) is 39.7 Å². The van der Waals surface area contributed by atoms with Crippen molar-refractivity contribution in [2.75, 3.05) is 23.4 Å². The normalized spacial score (nSPS) is 13.7. The Hall–Kier alpha value is -3.46. The fraction of sp³-hybridized carbons (Fsp3) is 0.333. The van der Waals surface area contributed by atoms with Crippen molar-refractivity contribution in [3.05, 3.63) is 53.3 Å². The number of ether oxygens (including phenoxy) is 1. The number of nitrogens with zero attached hydrogens (tertiary/aromatic N) is 3. The molecular weight excluding hydrogens is 438 g/mol. The molecule has 1 fully saturated rings. The third kappa shape index (κ3) is 5.48. The van der Waals surface area contributed by atoms with Crippen LogP contribution in [-0.2, 0) is 16.1 Å². The Morgan fingerprint density at radius 1 is 1.21 bits per heavy atom. The molecule has 9 heteroatoms. The number of nitrogens with one attached hydrogen (secondary N) is 2. The summed E-state index contributed by atoms with van der Waals surface area (Å²) in [5, 5.41) is 10.1. The van der Waals surface area contributed by atoms with Gasteiger partial charge in [-0.15, -0.1) is 0 Å². The zero-order chi connectivity index (χ0) is 23.2. The average Bonchev–Trinajstić information content (AvgIpc) is 3.19. The van der Waals surface area contributed by atoms with E-state index in [1.807, 2.05) is 60.0 Å². The number of H-pyrrole nitrogens is 1. The van der Waals surface area contributed by atoms with Gasteiger partial charge < -0.3 is 15.0 Å². The van der Waals surface area contributed by atoms with Crippen LogP contribution in [0.5, 0.6) is 5.75 Å². The largest absolute Gasteiger partial charge is 0.494 e. The minimum absolute atomic E-state index is 0.126. The number of anilines is 2. The van der Waals surface area contributed by atoms with E-state index in [1.54, 1.807) is 4.90 Å². The lowest BCUT2D eigenvalue weighted by Crippen LogP contribution is -2.35. The van der Waals surface area contributed by atoms with Gasteiger partial charge >= 0.3 is 0 Å². The summed E-state index contributed by atoms with van der Waals surface area (Å²) in [6.07, 6.45) is 2.72. The van der Waals surface area contributed by atoms with E-state index in [1.165, 1.54) is 0 Å². The molecule has 3 aromatic rings. The van der Waals surface area contributed by atoms with E-state index in [0.29, 0.717) is 42.4 Å². The first-order chi connectivity index (χ1) is 16.0. The monoisotopic (exact) mass is 465 g/mol. The number of carbonyl (C=O) groups is 2. The number of hydrogen-bond acceptors (Lipinski definition) is 5. The highest BCUT2D eigenvalue weighted by Gasteiger charge is 2.20. The summed E-state index contributed by atoms with van der Waals surface area (Å²) in [6, 6.07) is 15.0. The van der Waals surface area contributed by atoms with Crippen molar-refractivity contribution in [1.29, 1.82) is 0 Å². The van der Waals surface area contributed by atoms with Crippen molar-refractivity contribution in [3.63, 3.8) is 0 Å². The van der Waals surface area contributed by atoms with E-state index in [-0.39, 0.29) is 18.2 Å². The molecule has 2 amide bonds. The molecule has 2 heterocycles. The first kappa shape index (κ1) is 22.7. The SMILES string of the molecule is CCOc1ccc(-c2n[nH]c(=S)n2CCC(=O)Nc2cccc(N3CCCCC3=O)c2)cc1. The topological polar surface area (TPSA) is 92.2 Å². The third-order valence-corrected chi connectivity index (χ3v) is 5.82. The van der Waals surface area contributed by atoms with Crippen LogP contribution in [0.4, 0.5) is 11.4 Å². The average molecular weight is 466 g/mol. The van der Waals surface area contributed by atoms with E-state index in [2.05, 4.69) is 15.5 Å². The lowest BCUT2D eigenvalue weighted by atomic mass is 10.1. The predicted molar refractivity (Wildman–Crippen MR) is 130 cm³/mol. The minimum atomic E-state index is -0.141. The molecule has 0 radical (unpaired) electrons. The Labute approximate surface area is 197 Å². The maximum absolute atomic E-state index is 12.6. The van der Waals surface area contributed by atoms with Gasteiger partial charge in [0.2, 0.25) is 11.8 Å². The van der Waals surface area contributed by atoms with Crippen LogP contribution < -0.4 is 15.0 Å². The minimum Gasteiger partial charge on any atom is -0.494 e. The summed E-state index contributed by atoms with van der Waals surface area (Å²) in [7, 11) is 0. The standard InChI is InChI=1S/C24H27N5O3S/c1-2-32-20-11-9-17(10-12-20)23-26-27-24(33)29(23)15-13-21(30)25-18-6-5-7-19(16-18)28-14-4-3-8-22(28)31/h5-7,9-12,16H,2-4,8,13-15H2,1H3,(H,25,30)(H,27,33). The second-order valence-corrected chi connectivity index (χ2v) is 8.20. The highest BCUT2D eigenvalue weighted by atomic mass is 32.1. The van der Waals surface area contributed by atoms with Crippen LogP contribution in [0.15, 0.2) is 48.5 Å². The molecule has 0 bridgehead atoms. The van der Waals surface area contributed by atoms with Crippen LogP contribution >= 0.6 is 12.2 Å². The Kier molecular flexibility index (Phi) is 7.19. The summed E-state index contributed by atoms with van der Waals surface area (Å²) >= 11 is 5.37. The summed E-state index contributed by atoms with van der Waals surface area (Å²) in [5.74, 6) is 1.44. The molecular formula is C24H27N5O3S. The zero-order valence-electron chi connectivity index (χ0n) is 18.5.